The molecule has 0 aliphatic heterocycles. The van der Waals surface area contributed by atoms with Gasteiger partial charge in [0.25, 0.3) is 0 Å². The first-order chi connectivity index (χ1) is 8.88. The van der Waals surface area contributed by atoms with E-state index in [1.54, 1.807) is 14.2 Å². The predicted molar refractivity (Wildman–Crippen MR) is 78.6 cm³/mol. The Morgan fingerprint density at radius 1 is 1.05 bits per heavy atom. The van der Waals surface area contributed by atoms with Crippen molar-refractivity contribution < 1.29 is 9.47 Å². The van der Waals surface area contributed by atoms with Gasteiger partial charge in [-0.2, -0.15) is 0 Å². The van der Waals surface area contributed by atoms with Crippen molar-refractivity contribution in [1.29, 1.82) is 0 Å². The van der Waals surface area contributed by atoms with Gasteiger partial charge in [0, 0.05) is 5.39 Å². The van der Waals surface area contributed by atoms with Gasteiger partial charge in [-0.1, -0.05) is 32.4 Å². The molecule has 0 bridgehead atoms. The monoisotopic (exact) mass is 279 g/mol. The average molecular weight is 280 g/mol. The summed E-state index contributed by atoms with van der Waals surface area (Å²) in [5, 5.41) is 1.42. The van der Waals surface area contributed by atoms with Gasteiger partial charge < -0.3 is 9.47 Å². The second-order valence-electron chi connectivity index (χ2n) is 5.44. The summed E-state index contributed by atoms with van der Waals surface area (Å²) in [7, 11) is 3.27. The van der Waals surface area contributed by atoms with E-state index >= 15 is 0 Å². The quantitative estimate of drug-likeness (QED) is 0.772. The van der Waals surface area contributed by atoms with E-state index in [1.165, 1.54) is 0 Å². The van der Waals surface area contributed by atoms with Gasteiger partial charge in [-0.15, -0.1) is 0 Å². The zero-order valence-electron chi connectivity index (χ0n) is 11.9. The molecule has 102 valence electrons. The van der Waals surface area contributed by atoms with E-state index < -0.39 is 0 Å². The second-order valence-corrected chi connectivity index (χ2v) is 5.80. The summed E-state index contributed by atoms with van der Waals surface area (Å²) in [6.45, 7) is 6.32. The molecule has 0 unspecified atom stereocenters. The summed E-state index contributed by atoms with van der Waals surface area (Å²) in [5.41, 5.74) is 1.64. The highest BCUT2D eigenvalue weighted by Gasteiger charge is 2.21. The maximum Gasteiger partial charge on any atom is 0.145 e. The molecule has 2 rings (SSSR count). The summed E-state index contributed by atoms with van der Waals surface area (Å²) in [6, 6.07) is 5.75. The van der Waals surface area contributed by atoms with Crippen LogP contribution in [0.5, 0.6) is 11.5 Å². The van der Waals surface area contributed by atoms with Crippen LogP contribution in [-0.4, -0.2) is 19.2 Å². The smallest absolute Gasteiger partial charge is 0.145 e. The SMILES string of the molecule is COc1ccc(OC)c2nc(Cl)c(C(C)(C)C)cc12. The van der Waals surface area contributed by atoms with E-state index in [-0.39, 0.29) is 5.41 Å². The number of aromatic nitrogens is 1. The number of halogens is 1. The molecule has 0 saturated carbocycles. The minimum Gasteiger partial charge on any atom is -0.496 e. The molecular weight excluding hydrogens is 262 g/mol. The lowest BCUT2D eigenvalue weighted by atomic mass is 9.87. The number of fused-ring (bicyclic) bond motifs is 1. The zero-order chi connectivity index (χ0) is 14.2. The van der Waals surface area contributed by atoms with Crippen molar-refractivity contribution in [3.8, 4) is 11.5 Å². The lowest BCUT2D eigenvalue weighted by Gasteiger charge is -2.21. The highest BCUT2D eigenvalue weighted by atomic mass is 35.5. The minimum atomic E-state index is -0.0770. The van der Waals surface area contributed by atoms with Crippen molar-refractivity contribution in [2.45, 2.75) is 26.2 Å². The molecule has 19 heavy (non-hydrogen) atoms. The van der Waals surface area contributed by atoms with Crippen LogP contribution in [0.2, 0.25) is 5.15 Å². The molecule has 1 aromatic heterocycles. The van der Waals surface area contributed by atoms with Crippen molar-refractivity contribution in [1.82, 2.24) is 4.98 Å². The highest BCUT2D eigenvalue weighted by Crippen LogP contribution is 2.37. The standard InChI is InChI=1S/C15H18ClNO2/c1-15(2,3)10-8-9-11(18-4)6-7-12(19-5)13(9)17-14(10)16/h6-8H,1-5H3. The summed E-state index contributed by atoms with van der Waals surface area (Å²) in [5.74, 6) is 1.46. The van der Waals surface area contributed by atoms with Gasteiger partial charge >= 0.3 is 0 Å². The minimum absolute atomic E-state index is 0.0770. The summed E-state index contributed by atoms with van der Waals surface area (Å²) >= 11 is 6.30. The van der Waals surface area contributed by atoms with Crippen molar-refractivity contribution in [3.63, 3.8) is 0 Å². The first-order valence-corrected chi connectivity index (χ1v) is 6.48. The lowest BCUT2D eigenvalue weighted by molar-refractivity contribution is 0.409. The second kappa shape index (κ2) is 4.89. The van der Waals surface area contributed by atoms with Gasteiger partial charge in [-0.05, 0) is 29.2 Å². The van der Waals surface area contributed by atoms with Crippen LogP contribution < -0.4 is 9.47 Å². The van der Waals surface area contributed by atoms with Crippen molar-refractivity contribution in [2.75, 3.05) is 14.2 Å². The van der Waals surface area contributed by atoms with Gasteiger partial charge in [0.15, 0.2) is 0 Å². The Morgan fingerprint density at radius 2 is 1.63 bits per heavy atom. The maximum absolute atomic E-state index is 6.30. The van der Waals surface area contributed by atoms with E-state index in [4.69, 9.17) is 21.1 Å². The first kappa shape index (κ1) is 13.9. The van der Waals surface area contributed by atoms with E-state index in [0.717, 1.165) is 22.2 Å². The number of hydrogen-bond donors (Lipinski definition) is 0. The van der Waals surface area contributed by atoms with E-state index in [9.17, 15) is 0 Å². The highest BCUT2D eigenvalue weighted by molar-refractivity contribution is 6.30. The third kappa shape index (κ3) is 2.47. The van der Waals surface area contributed by atoms with Crippen LogP contribution in [0.25, 0.3) is 10.9 Å². The molecule has 2 aromatic rings. The van der Waals surface area contributed by atoms with Gasteiger partial charge in [0.2, 0.25) is 0 Å². The Hall–Kier alpha value is -1.48. The topological polar surface area (TPSA) is 31.4 Å². The Kier molecular flexibility index (Phi) is 3.59. The zero-order valence-corrected chi connectivity index (χ0v) is 12.6. The summed E-state index contributed by atoms with van der Waals surface area (Å²) in [4.78, 5) is 4.48. The maximum atomic E-state index is 6.30. The van der Waals surface area contributed by atoms with Crippen LogP contribution in [0.3, 0.4) is 0 Å². The van der Waals surface area contributed by atoms with Gasteiger partial charge in [0.05, 0.1) is 14.2 Å². The van der Waals surface area contributed by atoms with Crippen LogP contribution in [-0.2, 0) is 5.41 Å². The van der Waals surface area contributed by atoms with Gasteiger partial charge in [-0.25, -0.2) is 4.98 Å². The number of ether oxygens (including phenoxy) is 2. The molecule has 0 spiro atoms. The van der Waals surface area contributed by atoms with Crippen molar-refractivity contribution in [2.24, 2.45) is 0 Å². The van der Waals surface area contributed by atoms with Gasteiger partial charge in [-0.3, -0.25) is 0 Å². The molecule has 1 aromatic carbocycles. The number of methoxy groups -OCH3 is 2. The van der Waals surface area contributed by atoms with Crippen molar-refractivity contribution >= 4 is 22.5 Å². The normalized spacial score (nSPS) is 11.7. The number of pyridine rings is 1. The number of hydrogen-bond acceptors (Lipinski definition) is 3. The Morgan fingerprint density at radius 3 is 2.16 bits per heavy atom. The fraction of sp³-hybridized carbons (Fsp3) is 0.400. The van der Waals surface area contributed by atoms with Crippen LogP contribution in [0, 0.1) is 0 Å². The summed E-state index contributed by atoms with van der Waals surface area (Å²) in [6.07, 6.45) is 0. The molecule has 4 heteroatoms. The molecule has 0 atom stereocenters. The Bertz CT molecular complexity index is 618. The fourth-order valence-electron chi connectivity index (χ4n) is 2.06. The predicted octanol–water partition coefficient (Wildman–Crippen LogP) is 4.20. The molecule has 0 amide bonds. The van der Waals surface area contributed by atoms with Gasteiger partial charge in [0.1, 0.15) is 22.2 Å². The molecule has 0 aliphatic carbocycles. The Balaban J connectivity index is 2.84. The van der Waals surface area contributed by atoms with Crippen LogP contribution in [0.15, 0.2) is 18.2 Å². The lowest BCUT2D eigenvalue weighted by Crippen LogP contribution is -2.12. The van der Waals surface area contributed by atoms with Crippen LogP contribution >= 0.6 is 11.6 Å². The van der Waals surface area contributed by atoms with E-state index in [1.807, 2.05) is 18.2 Å². The largest absolute Gasteiger partial charge is 0.496 e. The van der Waals surface area contributed by atoms with E-state index in [0.29, 0.717) is 10.9 Å². The molecule has 0 N–H and O–H groups in total. The summed E-state index contributed by atoms with van der Waals surface area (Å²) < 4.78 is 10.7. The fourth-order valence-corrected chi connectivity index (χ4v) is 2.48. The number of benzene rings is 1. The molecular formula is C15H18ClNO2. The Labute approximate surface area is 118 Å². The number of rotatable bonds is 2. The third-order valence-corrected chi connectivity index (χ3v) is 3.40. The molecule has 0 radical (unpaired) electrons. The molecule has 3 nitrogen and oxygen atoms in total. The average Bonchev–Trinajstić information content (AvgIpc) is 2.35. The molecule has 0 saturated heterocycles. The van der Waals surface area contributed by atoms with E-state index in [2.05, 4.69) is 25.8 Å². The van der Waals surface area contributed by atoms with Crippen LogP contribution in [0.1, 0.15) is 26.3 Å². The van der Waals surface area contributed by atoms with Crippen molar-refractivity contribution in [3.05, 3.63) is 28.9 Å². The molecule has 0 aliphatic rings. The third-order valence-electron chi connectivity index (χ3n) is 3.11. The number of nitrogens with zero attached hydrogens (tertiary/aromatic N) is 1. The molecule has 0 fully saturated rings. The molecule has 1 heterocycles. The van der Waals surface area contributed by atoms with Crippen LogP contribution in [0.4, 0.5) is 0 Å². The first-order valence-electron chi connectivity index (χ1n) is 6.10.